The lowest BCUT2D eigenvalue weighted by molar-refractivity contribution is -0.140. The summed E-state index contributed by atoms with van der Waals surface area (Å²) in [5, 5.41) is 0. The van der Waals surface area contributed by atoms with Crippen LogP contribution in [0.3, 0.4) is 0 Å². The molecule has 0 spiro atoms. The number of nitrogens with zero attached hydrogens (tertiary/aromatic N) is 1. The fraction of sp³-hybridized carbons (Fsp3) is 0.467. The van der Waals surface area contributed by atoms with Crippen molar-refractivity contribution >= 4 is 17.5 Å². The zero-order valence-corrected chi connectivity index (χ0v) is 11.2. The topological polar surface area (TPSA) is 72.6 Å². The van der Waals surface area contributed by atoms with Gasteiger partial charge in [-0.2, -0.15) is 0 Å². The average molecular weight is 274 g/mol. The van der Waals surface area contributed by atoms with Crippen LogP contribution in [0.1, 0.15) is 19.3 Å². The molecule has 2 atom stereocenters. The van der Waals surface area contributed by atoms with Crippen molar-refractivity contribution < 1.29 is 14.3 Å². The van der Waals surface area contributed by atoms with Gasteiger partial charge in [0.25, 0.3) is 0 Å². The van der Waals surface area contributed by atoms with E-state index in [1.165, 1.54) is 4.90 Å². The van der Waals surface area contributed by atoms with Crippen LogP contribution in [0.4, 0.5) is 5.69 Å². The normalized spacial score (nSPS) is 25.1. The Morgan fingerprint density at radius 1 is 1.10 bits per heavy atom. The number of carbonyl (C=O) groups excluding carboxylic acids is 2. The van der Waals surface area contributed by atoms with Gasteiger partial charge in [-0.1, -0.05) is 6.42 Å². The molecule has 2 amide bonds. The van der Waals surface area contributed by atoms with Crippen molar-refractivity contribution in [1.82, 2.24) is 4.90 Å². The Morgan fingerprint density at radius 2 is 1.70 bits per heavy atom. The van der Waals surface area contributed by atoms with Crippen LogP contribution in [-0.4, -0.2) is 29.9 Å². The maximum atomic E-state index is 12.1. The van der Waals surface area contributed by atoms with Crippen molar-refractivity contribution in [2.75, 3.05) is 18.9 Å². The quantitative estimate of drug-likeness (QED) is 0.666. The first-order valence-electron chi connectivity index (χ1n) is 7.00. The van der Waals surface area contributed by atoms with Crippen LogP contribution in [0.25, 0.3) is 0 Å². The summed E-state index contributed by atoms with van der Waals surface area (Å²) in [7, 11) is 0. The second-order valence-corrected chi connectivity index (χ2v) is 5.39. The first-order valence-corrected chi connectivity index (χ1v) is 7.00. The molecule has 1 saturated carbocycles. The highest BCUT2D eigenvalue weighted by molar-refractivity contribution is 6.05. The third-order valence-corrected chi connectivity index (χ3v) is 4.15. The zero-order chi connectivity index (χ0) is 14.1. The SMILES string of the molecule is Nc1ccc(OCCN2C(=O)C3CCCC3C2=O)cc1. The van der Waals surface area contributed by atoms with Crippen molar-refractivity contribution in [3.8, 4) is 5.75 Å². The summed E-state index contributed by atoms with van der Waals surface area (Å²) in [6.45, 7) is 0.649. The van der Waals surface area contributed by atoms with E-state index in [-0.39, 0.29) is 23.7 Å². The predicted octanol–water partition coefficient (Wildman–Crippen LogP) is 1.43. The molecule has 1 aromatic carbocycles. The van der Waals surface area contributed by atoms with E-state index in [0.29, 0.717) is 24.6 Å². The van der Waals surface area contributed by atoms with Gasteiger partial charge in [0, 0.05) is 5.69 Å². The molecular formula is C15H18N2O3. The van der Waals surface area contributed by atoms with Gasteiger partial charge >= 0.3 is 0 Å². The van der Waals surface area contributed by atoms with Crippen LogP contribution in [0.5, 0.6) is 5.75 Å². The Kier molecular flexibility index (Phi) is 3.34. The minimum absolute atomic E-state index is 0.0154. The summed E-state index contributed by atoms with van der Waals surface area (Å²) < 4.78 is 5.54. The molecule has 0 bridgehead atoms. The number of anilines is 1. The molecule has 2 N–H and O–H groups in total. The first-order chi connectivity index (χ1) is 9.66. The minimum Gasteiger partial charge on any atom is -0.492 e. The molecule has 1 aliphatic carbocycles. The third-order valence-electron chi connectivity index (χ3n) is 4.15. The molecule has 5 heteroatoms. The van der Waals surface area contributed by atoms with E-state index < -0.39 is 0 Å². The van der Waals surface area contributed by atoms with Gasteiger partial charge < -0.3 is 10.5 Å². The Morgan fingerprint density at radius 3 is 2.30 bits per heavy atom. The molecular weight excluding hydrogens is 256 g/mol. The third kappa shape index (κ3) is 2.24. The summed E-state index contributed by atoms with van der Waals surface area (Å²) >= 11 is 0. The lowest BCUT2D eigenvalue weighted by Crippen LogP contribution is -2.35. The van der Waals surface area contributed by atoms with Crippen LogP contribution >= 0.6 is 0 Å². The van der Waals surface area contributed by atoms with Gasteiger partial charge in [-0.3, -0.25) is 14.5 Å². The number of nitrogen functional groups attached to an aromatic ring is 1. The van der Waals surface area contributed by atoms with E-state index in [1.54, 1.807) is 24.3 Å². The maximum absolute atomic E-state index is 12.1. The van der Waals surface area contributed by atoms with Gasteiger partial charge in [-0.25, -0.2) is 0 Å². The number of hydrogen-bond donors (Lipinski definition) is 1. The Labute approximate surface area is 117 Å². The van der Waals surface area contributed by atoms with Gasteiger partial charge in [0.1, 0.15) is 12.4 Å². The summed E-state index contributed by atoms with van der Waals surface area (Å²) in [5.74, 6) is 0.522. The number of ether oxygens (including phenoxy) is 1. The second-order valence-electron chi connectivity index (χ2n) is 5.39. The standard InChI is InChI=1S/C15H18N2O3/c16-10-4-6-11(7-5-10)20-9-8-17-14(18)12-2-1-3-13(12)15(17)19/h4-7,12-13H,1-3,8-9,16H2. The van der Waals surface area contributed by atoms with E-state index in [1.807, 2.05) is 0 Å². The maximum Gasteiger partial charge on any atom is 0.233 e. The van der Waals surface area contributed by atoms with Crippen LogP contribution in [-0.2, 0) is 9.59 Å². The van der Waals surface area contributed by atoms with Crippen LogP contribution in [0, 0.1) is 11.8 Å². The van der Waals surface area contributed by atoms with Crippen LogP contribution < -0.4 is 10.5 Å². The Balaban J connectivity index is 1.55. The number of amides is 2. The first kappa shape index (κ1) is 13.0. The highest BCUT2D eigenvalue weighted by Crippen LogP contribution is 2.39. The second kappa shape index (κ2) is 5.15. The largest absolute Gasteiger partial charge is 0.492 e. The summed E-state index contributed by atoms with van der Waals surface area (Å²) in [4.78, 5) is 25.6. The van der Waals surface area contributed by atoms with Gasteiger partial charge in [0.2, 0.25) is 11.8 Å². The fourth-order valence-electron chi connectivity index (χ4n) is 3.10. The molecule has 106 valence electrons. The molecule has 0 aromatic heterocycles. The molecule has 1 saturated heterocycles. The summed E-state index contributed by atoms with van der Waals surface area (Å²) in [6, 6.07) is 7.06. The summed E-state index contributed by atoms with van der Waals surface area (Å²) in [5.41, 5.74) is 6.27. The highest BCUT2D eigenvalue weighted by atomic mass is 16.5. The highest BCUT2D eigenvalue weighted by Gasteiger charge is 2.49. The number of fused-ring (bicyclic) bond motifs is 1. The minimum atomic E-state index is -0.0703. The van der Waals surface area contributed by atoms with Crippen molar-refractivity contribution in [3.05, 3.63) is 24.3 Å². The van der Waals surface area contributed by atoms with Crippen molar-refractivity contribution in [2.45, 2.75) is 19.3 Å². The lowest BCUT2D eigenvalue weighted by atomic mass is 10.00. The lowest BCUT2D eigenvalue weighted by Gasteiger charge is -2.16. The van der Waals surface area contributed by atoms with Crippen molar-refractivity contribution in [1.29, 1.82) is 0 Å². The molecule has 5 nitrogen and oxygen atoms in total. The van der Waals surface area contributed by atoms with Gasteiger partial charge in [-0.05, 0) is 37.1 Å². The molecule has 1 heterocycles. The number of likely N-dealkylation sites (tertiary alicyclic amines) is 1. The number of nitrogens with two attached hydrogens (primary N) is 1. The molecule has 1 aliphatic heterocycles. The number of rotatable bonds is 4. The van der Waals surface area contributed by atoms with E-state index in [9.17, 15) is 9.59 Å². The van der Waals surface area contributed by atoms with E-state index in [0.717, 1.165) is 19.3 Å². The number of carbonyl (C=O) groups is 2. The predicted molar refractivity (Wildman–Crippen MR) is 73.9 cm³/mol. The van der Waals surface area contributed by atoms with E-state index >= 15 is 0 Å². The molecule has 2 aliphatic rings. The molecule has 20 heavy (non-hydrogen) atoms. The van der Waals surface area contributed by atoms with Crippen molar-refractivity contribution in [2.24, 2.45) is 11.8 Å². The Bertz CT molecular complexity index is 504. The van der Waals surface area contributed by atoms with Crippen LogP contribution in [0.2, 0.25) is 0 Å². The smallest absolute Gasteiger partial charge is 0.233 e. The molecule has 2 fully saturated rings. The van der Waals surface area contributed by atoms with Crippen LogP contribution in [0.15, 0.2) is 24.3 Å². The molecule has 0 radical (unpaired) electrons. The number of imide groups is 1. The average Bonchev–Trinajstić information content (AvgIpc) is 3.00. The summed E-state index contributed by atoms with van der Waals surface area (Å²) in [6.07, 6.45) is 2.69. The number of benzene rings is 1. The van der Waals surface area contributed by atoms with Crippen molar-refractivity contribution in [3.63, 3.8) is 0 Å². The zero-order valence-electron chi connectivity index (χ0n) is 11.2. The fourth-order valence-corrected chi connectivity index (χ4v) is 3.10. The van der Waals surface area contributed by atoms with Gasteiger partial charge in [0.05, 0.1) is 18.4 Å². The van der Waals surface area contributed by atoms with E-state index in [2.05, 4.69) is 0 Å². The Hall–Kier alpha value is -2.04. The molecule has 1 aromatic rings. The molecule has 2 unspecified atom stereocenters. The molecule has 3 rings (SSSR count). The van der Waals surface area contributed by atoms with Gasteiger partial charge in [-0.15, -0.1) is 0 Å². The number of hydrogen-bond acceptors (Lipinski definition) is 4. The monoisotopic (exact) mass is 274 g/mol. The van der Waals surface area contributed by atoms with Gasteiger partial charge in [0.15, 0.2) is 0 Å². The van der Waals surface area contributed by atoms with E-state index in [4.69, 9.17) is 10.5 Å².